The molecule has 2 N–H and O–H groups in total. The van der Waals surface area contributed by atoms with Crippen LogP contribution in [0.4, 0.5) is 0 Å². The van der Waals surface area contributed by atoms with Gasteiger partial charge in [0.15, 0.2) is 9.84 Å². The number of rotatable bonds is 3. The van der Waals surface area contributed by atoms with Crippen molar-refractivity contribution in [2.24, 2.45) is 23.7 Å². The molecule has 1 aliphatic heterocycles. The number of aliphatic carboxylic acids is 1. The van der Waals surface area contributed by atoms with Crippen LogP contribution in [0.2, 0.25) is 0 Å². The van der Waals surface area contributed by atoms with Gasteiger partial charge in [0, 0.05) is 0 Å². The molecule has 0 aromatic rings. The Hall–Kier alpha value is -1.37. The van der Waals surface area contributed by atoms with Crippen LogP contribution in [0.15, 0.2) is 12.2 Å². The molecule has 0 spiro atoms. The van der Waals surface area contributed by atoms with E-state index in [1.54, 1.807) is 6.92 Å². The molecular weight excluding hydrogens is 294 g/mol. The maximum atomic E-state index is 12.5. The van der Waals surface area contributed by atoms with E-state index < -0.39 is 33.2 Å². The number of carbonyl (C=O) groups is 2. The number of sulfone groups is 1. The first-order valence-corrected chi connectivity index (χ1v) is 8.96. The molecule has 116 valence electrons. The summed E-state index contributed by atoms with van der Waals surface area (Å²) in [6.45, 7) is 1.72. The highest BCUT2D eigenvalue weighted by molar-refractivity contribution is 7.91. The molecule has 21 heavy (non-hydrogen) atoms. The maximum Gasteiger partial charge on any atom is 0.307 e. The van der Waals surface area contributed by atoms with Crippen molar-refractivity contribution in [1.29, 1.82) is 0 Å². The van der Waals surface area contributed by atoms with E-state index in [9.17, 15) is 23.1 Å². The molecule has 2 fully saturated rings. The number of carboxylic acid groups (broad SMARTS) is 1. The molecule has 3 rings (SSSR count). The van der Waals surface area contributed by atoms with Crippen molar-refractivity contribution in [1.82, 2.24) is 5.32 Å². The Bertz CT molecular complexity index is 625. The van der Waals surface area contributed by atoms with Gasteiger partial charge in [-0.3, -0.25) is 9.59 Å². The van der Waals surface area contributed by atoms with Crippen LogP contribution < -0.4 is 5.32 Å². The molecule has 0 unspecified atom stereocenters. The van der Waals surface area contributed by atoms with E-state index in [4.69, 9.17) is 0 Å². The minimum absolute atomic E-state index is 0.0438. The van der Waals surface area contributed by atoms with Gasteiger partial charge in [0.1, 0.15) is 0 Å². The predicted octanol–water partition coefficient (Wildman–Crippen LogP) is 0.203. The van der Waals surface area contributed by atoms with E-state index in [0.717, 1.165) is 0 Å². The van der Waals surface area contributed by atoms with Crippen LogP contribution in [0.25, 0.3) is 0 Å². The van der Waals surface area contributed by atoms with Crippen molar-refractivity contribution < 1.29 is 23.1 Å². The largest absolute Gasteiger partial charge is 0.481 e. The average Bonchev–Trinajstić information content (AvgIpc) is 3.01. The van der Waals surface area contributed by atoms with Gasteiger partial charge in [-0.2, -0.15) is 0 Å². The van der Waals surface area contributed by atoms with Crippen LogP contribution in [0.1, 0.15) is 19.8 Å². The van der Waals surface area contributed by atoms with Gasteiger partial charge in [0.05, 0.1) is 28.9 Å². The van der Waals surface area contributed by atoms with Crippen LogP contribution in [0.5, 0.6) is 0 Å². The molecule has 2 aliphatic carbocycles. The smallest absolute Gasteiger partial charge is 0.307 e. The average molecular weight is 313 g/mol. The molecule has 3 aliphatic rings. The molecule has 2 bridgehead atoms. The summed E-state index contributed by atoms with van der Waals surface area (Å²) in [6, 6.07) is 0. The molecule has 1 heterocycles. The van der Waals surface area contributed by atoms with Crippen LogP contribution in [0, 0.1) is 23.7 Å². The maximum absolute atomic E-state index is 12.5. The van der Waals surface area contributed by atoms with Gasteiger partial charge in [0.25, 0.3) is 0 Å². The molecule has 7 heteroatoms. The fraction of sp³-hybridized carbons (Fsp3) is 0.714. The van der Waals surface area contributed by atoms with Gasteiger partial charge in [-0.15, -0.1) is 0 Å². The third kappa shape index (κ3) is 2.47. The summed E-state index contributed by atoms with van der Waals surface area (Å²) in [4.78, 5) is 23.9. The van der Waals surface area contributed by atoms with Crippen molar-refractivity contribution in [3.8, 4) is 0 Å². The van der Waals surface area contributed by atoms with E-state index in [-0.39, 0.29) is 29.2 Å². The van der Waals surface area contributed by atoms with Crippen molar-refractivity contribution >= 4 is 21.7 Å². The Morgan fingerprint density at radius 3 is 2.38 bits per heavy atom. The predicted molar refractivity (Wildman–Crippen MR) is 75.2 cm³/mol. The summed E-state index contributed by atoms with van der Waals surface area (Å²) in [5.41, 5.74) is -0.773. The zero-order valence-electron chi connectivity index (χ0n) is 11.8. The van der Waals surface area contributed by atoms with E-state index in [1.807, 2.05) is 12.2 Å². The van der Waals surface area contributed by atoms with Crippen LogP contribution in [-0.2, 0) is 19.4 Å². The van der Waals surface area contributed by atoms with Crippen LogP contribution in [0.3, 0.4) is 0 Å². The number of hydrogen-bond acceptors (Lipinski definition) is 4. The van der Waals surface area contributed by atoms with Crippen molar-refractivity contribution in [3.63, 3.8) is 0 Å². The normalized spacial score (nSPS) is 43.1. The minimum atomic E-state index is -3.11. The third-order valence-electron chi connectivity index (χ3n) is 4.98. The number of hydrogen-bond donors (Lipinski definition) is 2. The molecule has 1 saturated heterocycles. The summed E-state index contributed by atoms with van der Waals surface area (Å²) in [7, 11) is -3.11. The highest BCUT2D eigenvalue weighted by Gasteiger charge is 2.53. The monoisotopic (exact) mass is 313 g/mol. The highest BCUT2D eigenvalue weighted by atomic mass is 32.2. The Kier molecular flexibility index (Phi) is 3.16. The summed E-state index contributed by atoms with van der Waals surface area (Å²) in [5, 5.41) is 12.2. The second-order valence-electron chi connectivity index (χ2n) is 6.73. The van der Waals surface area contributed by atoms with E-state index in [1.165, 1.54) is 0 Å². The zero-order valence-corrected chi connectivity index (χ0v) is 12.6. The molecular formula is C14H19NO5S. The van der Waals surface area contributed by atoms with Gasteiger partial charge in [-0.1, -0.05) is 12.2 Å². The molecule has 6 nitrogen and oxygen atoms in total. The fourth-order valence-corrected chi connectivity index (χ4v) is 6.10. The third-order valence-corrected chi connectivity index (χ3v) is 6.88. The van der Waals surface area contributed by atoms with Crippen molar-refractivity contribution in [2.45, 2.75) is 25.3 Å². The zero-order chi connectivity index (χ0) is 15.4. The number of fused-ring (bicyclic) bond motifs is 2. The van der Waals surface area contributed by atoms with Crippen molar-refractivity contribution in [2.75, 3.05) is 11.5 Å². The lowest BCUT2D eigenvalue weighted by Gasteiger charge is -2.30. The van der Waals surface area contributed by atoms with Crippen LogP contribution in [-0.4, -0.2) is 42.4 Å². The number of allylic oxidation sites excluding steroid dienone is 2. The molecule has 0 radical (unpaired) electrons. The Labute approximate surface area is 123 Å². The van der Waals surface area contributed by atoms with Gasteiger partial charge < -0.3 is 10.4 Å². The number of carbonyl (C=O) groups excluding carboxylic acids is 1. The van der Waals surface area contributed by atoms with E-state index >= 15 is 0 Å². The van der Waals surface area contributed by atoms with Gasteiger partial charge in [0.2, 0.25) is 5.91 Å². The Balaban J connectivity index is 1.77. The van der Waals surface area contributed by atoms with E-state index in [0.29, 0.717) is 12.8 Å². The molecule has 0 aromatic carbocycles. The second-order valence-corrected chi connectivity index (χ2v) is 8.91. The number of amides is 1. The SMILES string of the molecule is C[C@@]1(NC(=O)[C@H]2[C@@H](C(=O)O)[C@H]3C=C[C@@H]2C3)CCS(=O)(=O)C1. The lowest BCUT2D eigenvalue weighted by Crippen LogP contribution is -2.51. The summed E-state index contributed by atoms with van der Waals surface area (Å²) in [5.74, 6) is -2.67. The standard InChI is InChI=1S/C14H19NO5S/c1-14(4-5-21(19,20)7-14)15-12(16)10-8-2-3-9(6-8)11(10)13(17)18/h2-3,8-11H,4-7H2,1H3,(H,15,16)(H,17,18)/t8-,9+,10-,11+,14-/m1/s1. The van der Waals surface area contributed by atoms with Crippen LogP contribution >= 0.6 is 0 Å². The molecule has 1 saturated carbocycles. The Morgan fingerprint density at radius 2 is 1.86 bits per heavy atom. The van der Waals surface area contributed by atoms with Gasteiger partial charge in [-0.25, -0.2) is 8.42 Å². The number of nitrogens with one attached hydrogen (secondary N) is 1. The lowest BCUT2D eigenvalue weighted by molar-refractivity contribution is -0.148. The molecule has 1 amide bonds. The first kappa shape index (κ1) is 14.6. The number of carboxylic acids is 1. The summed E-state index contributed by atoms with van der Waals surface area (Å²) < 4.78 is 23.2. The quantitative estimate of drug-likeness (QED) is 0.725. The highest BCUT2D eigenvalue weighted by Crippen LogP contribution is 2.48. The minimum Gasteiger partial charge on any atom is -0.481 e. The second kappa shape index (κ2) is 4.56. The topological polar surface area (TPSA) is 101 Å². The van der Waals surface area contributed by atoms with Gasteiger partial charge in [-0.05, 0) is 31.6 Å². The van der Waals surface area contributed by atoms with E-state index in [2.05, 4.69) is 5.32 Å². The molecule has 0 aromatic heterocycles. The first-order chi connectivity index (χ1) is 9.71. The van der Waals surface area contributed by atoms with Crippen molar-refractivity contribution in [3.05, 3.63) is 12.2 Å². The molecule has 5 atom stereocenters. The summed E-state index contributed by atoms with van der Waals surface area (Å²) in [6.07, 6.45) is 4.89. The summed E-state index contributed by atoms with van der Waals surface area (Å²) >= 11 is 0. The lowest BCUT2D eigenvalue weighted by atomic mass is 9.82. The Morgan fingerprint density at radius 1 is 1.24 bits per heavy atom. The van der Waals surface area contributed by atoms with Gasteiger partial charge >= 0.3 is 5.97 Å². The first-order valence-electron chi connectivity index (χ1n) is 7.14. The fourth-order valence-electron chi connectivity index (χ4n) is 4.01.